The van der Waals surface area contributed by atoms with Crippen LogP contribution in [0.4, 0.5) is 5.00 Å². The summed E-state index contributed by atoms with van der Waals surface area (Å²) in [6.45, 7) is 5.12. The largest absolute Gasteiger partial charge is 0.462 e. The van der Waals surface area contributed by atoms with Gasteiger partial charge in [-0.3, -0.25) is 4.79 Å². The quantitative estimate of drug-likeness (QED) is 0.554. The number of carbonyl (C=O) groups excluding carboxylic acids is 3. The van der Waals surface area contributed by atoms with E-state index in [1.54, 1.807) is 38.4 Å². The molecule has 0 saturated carbocycles. The van der Waals surface area contributed by atoms with Crippen LogP contribution < -0.4 is 5.32 Å². The fraction of sp³-hybridized carbons (Fsp3) is 0.333. The zero-order valence-corrected chi connectivity index (χ0v) is 17.1. The van der Waals surface area contributed by atoms with Crippen molar-refractivity contribution >= 4 is 45.9 Å². The van der Waals surface area contributed by atoms with Gasteiger partial charge in [0.15, 0.2) is 6.61 Å². The Kier molecular flexibility index (Phi) is 7.37. The lowest BCUT2D eigenvalue weighted by Gasteiger charge is -2.09. The van der Waals surface area contributed by atoms with Gasteiger partial charge in [0.25, 0.3) is 5.91 Å². The van der Waals surface area contributed by atoms with E-state index in [0.29, 0.717) is 21.2 Å². The number of amides is 1. The fourth-order valence-corrected chi connectivity index (χ4v) is 3.85. The third-order valence-corrected chi connectivity index (χ3v) is 5.47. The van der Waals surface area contributed by atoms with Crippen molar-refractivity contribution in [3.8, 4) is 0 Å². The van der Waals surface area contributed by atoms with E-state index in [1.165, 1.54) is 23.1 Å². The van der Waals surface area contributed by atoms with Crippen molar-refractivity contribution in [2.45, 2.75) is 25.8 Å². The van der Waals surface area contributed by atoms with Crippen molar-refractivity contribution < 1.29 is 23.9 Å². The number of nitrogens with zero attached hydrogens (tertiary/aromatic N) is 1. The summed E-state index contributed by atoms with van der Waals surface area (Å²) in [6, 6.07) is 3.21. The summed E-state index contributed by atoms with van der Waals surface area (Å²) >= 11 is 2.59. The minimum atomic E-state index is -0.633. The van der Waals surface area contributed by atoms with Gasteiger partial charge in [0.2, 0.25) is 0 Å². The van der Waals surface area contributed by atoms with Gasteiger partial charge in [-0.2, -0.15) is 0 Å². The highest BCUT2D eigenvalue weighted by molar-refractivity contribution is 7.98. The third kappa shape index (κ3) is 5.08. The molecule has 1 amide bonds. The zero-order chi connectivity index (χ0) is 20.0. The summed E-state index contributed by atoms with van der Waals surface area (Å²) in [4.78, 5) is 41.5. The summed E-state index contributed by atoms with van der Waals surface area (Å²) in [5.74, 6) is -1.66. The number of nitrogens with one attached hydrogen (secondary N) is 1. The summed E-state index contributed by atoms with van der Waals surface area (Å²) in [6.07, 6.45) is 3.37. The standard InChI is InChI=1S/C18H20N2O5S2/c1-5-24-18(23)14-10(2)11(3)27-16(14)20-13(21)9-25-17(22)12-7-6-8-19-15(12)26-4/h6-8H,5,9H2,1-4H3,(H,20,21). The average molecular weight is 409 g/mol. The van der Waals surface area contributed by atoms with E-state index in [0.717, 1.165) is 10.4 Å². The molecule has 2 rings (SSSR count). The van der Waals surface area contributed by atoms with Crippen molar-refractivity contribution in [2.75, 3.05) is 24.8 Å². The number of ether oxygens (including phenoxy) is 2. The normalized spacial score (nSPS) is 10.4. The molecule has 0 aliphatic carbocycles. The van der Waals surface area contributed by atoms with Crippen LogP contribution in [0.5, 0.6) is 0 Å². The number of thiophene rings is 1. The lowest BCUT2D eigenvalue weighted by atomic mass is 10.1. The Morgan fingerprint density at radius 1 is 1.22 bits per heavy atom. The number of hydrogen-bond acceptors (Lipinski definition) is 8. The number of hydrogen-bond donors (Lipinski definition) is 1. The molecular weight excluding hydrogens is 388 g/mol. The number of rotatable bonds is 7. The Labute approximate surface area is 165 Å². The molecule has 7 nitrogen and oxygen atoms in total. The van der Waals surface area contributed by atoms with Crippen LogP contribution in [-0.2, 0) is 14.3 Å². The van der Waals surface area contributed by atoms with Gasteiger partial charge in [-0.15, -0.1) is 23.1 Å². The number of pyridine rings is 1. The zero-order valence-electron chi connectivity index (χ0n) is 15.5. The van der Waals surface area contributed by atoms with Gasteiger partial charge >= 0.3 is 11.9 Å². The van der Waals surface area contributed by atoms with Gasteiger partial charge in [0.05, 0.1) is 17.7 Å². The molecule has 27 heavy (non-hydrogen) atoms. The number of esters is 2. The summed E-state index contributed by atoms with van der Waals surface area (Å²) < 4.78 is 10.1. The van der Waals surface area contributed by atoms with Gasteiger partial charge in [-0.1, -0.05) is 0 Å². The van der Waals surface area contributed by atoms with Crippen LogP contribution in [-0.4, -0.2) is 42.3 Å². The van der Waals surface area contributed by atoms with Gasteiger partial charge < -0.3 is 14.8 Å². The highest BCUT2D eigenvalue weighted by Gasteiger charge is 2.22. The molecule has 0 radical (unpaired) electrons. The number of aryl methyl sites for hydroxylation is 1. The Hall–Kier alpha value is -2.39. The highest BCUT2D eigenvalue weighted by atomic mass is 32.2. The second-order valence-corrected chi connectivity index (χ2v) is 7.41. The summed E-state index contributed by atoms with van der Waals surface area (Å²) in [5, 5.41) is 3.54. The Bertz CT molecular complexity index is 863. The average Bonchev–Trinajstić information content (AvgIpc) is 2.93. The molecule has 0 bridgehead atoms. The summed E-state index contributed by atoms with van der Waals surface area (Å²) in [7, 11) is 0. The van der Waals surface area contributed by atoms with Crippen molar-refractivity contribution in [1.82, 2.24) is 4.98 Å². The molecule has 0 atom stereocenters. The molecule has 0 spiro atoms. The Morgan fingerprint density at radius 3 is 2.63 bits per heavy atom. The van der Waals surface area contributed by atoms with Gasteiger partial charge in [-0.25, -0.2) is 14.6 Å². The molecule has 1 N–H and O–H groups in total. The lowest BCUT2D eigenvalue weighted by Crippen LogP contribution is -2.22. The second kappa shape index (κ2) is 9.52. The Morgan fingerprint density at radius 2 is 1.96 bits per heavy atom. The van der Waals surface area contributed by atoms with Crippen molar-refractivity contribution in [1.29, 1.82) is 0 Å². The molecule has 0 fully saturated rings. The van der Waals surface area contributed by atoms with Gasteiger partial charge in [-0.05, 0) is 44.7 Å². The predicted octanol–water partition coefficient (Wildman–Crippen LogP) is 3.45. The van der Waals surface area contributed by atoms with E-state index in [-0.39, 0.29) is 6.61 Å². The molecule has 0 aliphatic heterocycles. The molecule has 2 heterocycles. The molecular formula is C18H20N2O5S2. The minimum Gasteiger partial charge on any atom is -0.462 e. The van der Waals surface area contributed by atoms with E-state index in [9.17, 15) is 14.4 Å². The topological polar surface area (TPSA) is 94.6 Å². The molecule has 2 aromatic rings. The van der Waals surface area contributed by atoms with Crippen LogP contribution in [0.3, 0.4) is 0 Å². The number of aromatic nitrogens is 1. The molecule has 2 aromatic heterocycles. The van der Waals surface area contributed by atoms with Crippen molar-refractivity contribution in [3.63, 3.8) is 0 Å². The maximum Gasteiger partial charge on any atom is 0.341 e. The maximum absolute atomic E-state index is 12.2. The third-order valence-electron chi connectivity index (χ3n) is 3.64. The number of thioether (sulfide) groups is 1. The van der Waals surface area contributed by atoms with Crippen LogP contribution in [0.25, 0.3) is 0 Å². The van der Waals surface area contributed by atoms with Gasteiger partial charge in [0.1, 0.15) is 10.0 Å². The molecule has 144 valence electrons. The van der Waals surface area contributed by atoms with E-state index in [2.05, 4.69) is 10.3 Å². The van der Waals surface area contributed by atoms with E-state index in [1.807, 2.05) is 6.92 Å². The van der Waals surface area contributed by atoms with Gasteiger partial charge in [0, 0.05) is 11.1 Å². The molecule has 9 heteroatoms. The predicted molar refractivity (Wildman–Crippen MR) is 105 cm³/mol. The second-order valence-electron chi connectivity index (χ2n) is 5.39. The van der Waals surface area contributed by atoms with Crippen LogP contribution in [0, 0.1) is 13.8 Å². The molecule has 0 saturated heterocycles. The Balaban J connectivity index is 2.05. The first-order valence-corrected chi connectivity index (χ1v) is 10.2. The fourth-order valence-electron chi connectivity index (χ4n) is 2.24. The first-order valence-electron chi connectivity index (χ1n) is 8.12. The first-order chi connectivity index (χ1) is 12.9. The lowest BCUT2D eigenvalue weighted by molar-refractivity contribution is -0.119. The van der Waals surface area contributed by atoms with Crippen LogP contribution in [0.2, 0.25) is 0 Å². The van der Waals surface area contributed by atoms with E-state index < -0.39 is 24.5 Å². The van der Waals surface area contributed by atoms with E-state index in [4.69, 9.17) is 9.47 Å². The maximum atomic E-state index is 12.2. The summed E-state index contributed by atoms with van der Waals surface area (Å²) in [5.41, 5.74) is 1.38. The van der Waals surface area contributed by atoms with Crippen molar-refractivity contribution in [2.24, 2.45) is 0 Å². The SMILES string of the molecule is CCOC(=O)c1c(NC(=O)COC(=O)c2cccnc2SC)sc(C)c1C. The molecule has 0 unspecified atom stereocenters. The van der Waals surface area contributed by atoms with E-state index >= 15 is 0 Å². The number of anilines is 1. The highest BCUT2D eigenvalue weighted by Crippen LogP contribution is 2.33. The van der Waals surface area contributed by atoms with Crippen LogP contribution in [0.1, 0.15) is 38.1 Å². The monoisotopic (exact) mass is 408 g/mol. The first kappa shape index (κ1) is 20.9. The number of carbonyl (C=O) groups is 3. The smallest absolute Gasteiger partial charge is 0.341 e. The molecule has 0 aromatic carbocycles. The van der Waals surface area contributed by atoms with Crippen LogP contribution in [0.15, 0.2) is 23.4 Å². The minimum absolute atomic E-state index is 0.237. The van der Waals surface area contributed by atoms with Crippen LogP contribution >= 0.6 is 23.1 Å². The molecule has 0 aliphatic rings. The van der Waals surface area contributed by atoms with Crippen molar-refractivity contribution in [3.05, 3.63) is 39.9 Å².